The fourth-order valence-electron chi connectivity index (χ4n) is 2.49. The second-order valence-electron chi connectivity index (χ2n) is 5.65. The highest BCUT2D eigenvalue weighted by atomic mass is 16.2. The first kappa shape index (κ1) is 15.9. The van der Waals surface area contributed by atoms with Crippen molar-refractivity contribution in [2.24, 2.45) is 0 Å². The first-order valence-corrected chi connectivity index (χ1v) is 7.78. The number of aromatic nitrogens is 3. The van der Waals surface area contributed by atoms with Gasteiger partial charge in [0.2, 0.25) is 5.91 Å². The largest absolute Gasteiger partial charge is 0.352 e. The Bertz CT molecular complexity index is 933. The molecule has 0 spiro atoms. The molecule has 0 aliphatic heterocycles. The molecular formula is C18H18N4O2. The number of carbonyl (C=O) groups is 1. The molecule has 6 heteroatoms. The molecule has 0 atom stereocenters. The average Bonchev–Trinajstić information content (AvgIpc) is 2.60. The van der Waals surface area contributed by atoms with E-state index in [2.05, 4.69) is 15.6 Å². The Hall–Kier alpha value is -3.02. The maximum absolute atomic E-state index is 12.3. The minimum atomic E-state index is -0.230. The summed E-state index contributed by atoms with van der Waals surface area (Å²) in [7, 11) is 0. The van der Waals surface area contributed by atoms with E-state index in [1.807, 2.05) is 31.2 Å². The molecule has 0 aliphatic carbocycles. The smallest absolute Gasteiger partial charge is 0.277 e. The highest BCUT2D eigenvalue weighted by Gasteiger charge is 2.07. The number of rotatable bonds is 5. The number of nitrogens with one attached hydrogen (secondary N) is 1. The van der Waals surface area contributed by atoms with Crippen LogP contribution in [0.5, 0.6) is 0 Å². The summed E-state index contributed by atoms with van der Waals surface area (Å²) in [6.07, 6.45) is 0.179. The van der Waals surface area contributed by atoms with E-state index >= 15 is 0 Å². The van der Waals surface area contributed by atoms with Crippen LogP contribution in [0.4, 0.5) is 0 Å². The Kier molecular flexibility index (Phi) is 4.65. The van der Waals surface area contributed by atoms with Gasteiger partial charge in [-0.15, -0.1) is 5.10 Å². The molecule has 0 saturated heterocycles. The van der Waals surface area contributed by atoms with Crippen molar-refractivity contribution in [3.8, 4) is 0 Å². The van der Waals surface area contributed by atoms with Gasteiger partial charge < -0.3 is 5.32 Å². The number of hydrogen-bond donors (Lipinski definition) is 1. The van der Waals surface area contributed by atoms with E-state index in [4.69, 9.17) is 0 Å². The lowest BCUT2D eigenvalue weighted by Crippen LogP contribution is -2.29. The summed E-state index contributed by atoms with van der Waals surface area (Å²) < 4.78 is 1.23. The third-order valence-electron chi connectivity index (χ3n) is 3.75. The first-order chi connectivity index (χ1) is 11.6. The molecule has 2 aromatic carbocycles. The molecule has 0 saturated carbocycles. The maximum Gasteiger partial charge on any atom is 0.277 e. The van der Waals surface area contributed by atoms with Crippen LogP contribution in [0.25, 0.3) is 10.9 Å². The average molecular weight is 322 g/mol. The predicted octanol–water partition coefficient (Wildman–Crippen LogP) is 1.81. The van der Waals surface area contributed by atoms with Gasteiger partial charge in [0.15, 0.2) is 0 Å². The fraction of sp³-hybridized carbons (Fsp3) is 0.222. The van der Waals surface area contributed by atoms with Crippen LogP contribution in [0.1, 0.15) is 17.5 Å². The van der Waals surface area contributed by atoms with Crippen LogP contribution < -0.4 is 10.9 Å². The summed E-state index contributed by atoms with van der Waals surface area (Å²) in [6.45, 7) is 2.69. The van der Waals surface area contributed by atoms with Crippen LogP contribution >= 0.6 is 0 Å². The van der Waals surface area contributed by atoms with Gasteiger partial charge in [0.1, 0.15) is 5.52 Å². The van der Waals surface area contributed by atoms with Crippen molar-refractivity contribution < 1.29 is 4.79 Å². The Morgan fingerprint density at radius 2 is 2.00 bits per heavy atom. The van der Waals surface area contributed by atoms with Crippen LogP contribution in [-0.2, 0) is 17.9 Å². The van der Waals surface area contributed by atoms with Gasteiger partial charge >= 0.3 is 0 Å². The van der Waals surface area contributed by atoms with Gasteiger partial charge in [0.25, 0.3) is 5.56 Å². The van der Waals surface area contributed by atoms with Crippen LogP contribution in [0, 0.1) is 6.92 Å². The number of amides is 1. The Morgan fingerprint density at radius 1 is 1.17 bits per heavy atom. The summed E-state index contributed by atoms with van der Waals surface area (Å²) in [6, 6.07) is 15.0. The van der Waals surface area contributed by atoms with E-state index in [0.717, 1.165) is 11.1 Å². The van der Waals surface area contributed by atoms with Gasteiger partial charge in [-0.05, 0) is 24.6 Å². The van der Waals surface area contributed by atoms with Crippen molar-refractivity contribution in [1.29, 1.82) is 0 Å². The number of fused-ring (bicyclic) bond motifs is 1. The summed E-state index contributed by atoms with van der Waals surface area (Å²) >= 11 is 0. The first-order valence-electron chi connectivity index (χ1n) is 7.78. The molecule has 0 unspecified atom stereocenters. The van der Waals surface area contributed by atoms with E-state index in [0.29, 0.717) is 17.4 Å². The molecular weight excluding hydrogens is 304 g/mol. The number of hydrogen-bond acceptors (Lipinski definition) is 4. The van der Waals surface area contributed by atoms with Crippen molar-refractivity contribution in [2.75, 3.05) is 0 Å². The summed E-state index contributed by atoms with van der Waals surface area (Å²) in [5.74, 6) is -0.127. The minimum Gasteiger partial charge on any atom is -0.352 e. The minimum absolute atomic E-state index is 0.127. The molecule has 1 heterocycles. The van der Waals surface area contributed by atoms with Crippen LogP contribution in [-0.4, -0.2) is 20.9 Å². The number of nitrogens with zero attached hydrogens (tertiary/aromatic N) is 3. The van der Waals surface area contributed by atoms with Crippen LogP contribution in [0.2, 0.25) is 0 Å². The van der Waals surface area contributed by atoms with Crippen molar-refractivity contribution in [1.82, 2.24) is 20.3 Å². The van der Waals surface area contributed by atoms with Gasteiger partial charge in [-0.25, -0.2) is 4.68 Å². The molecule has 0 bridgehead atoms. The molecule has 3 aromatic rings. The molecule has 122 valence electrons. The monoisotopic (exact) mass is 322 g/mol. The van der Waals surface area contributed by atoms with Crippen molar-refractivity contribution in [3.63, 3.8) is 0 Å². The Morgan fingerprint density at radius 3 is 2.83 bits per heavy atom. The molecule has 1 amide bonds. The lowest BCUT2D eigenvalue weighted by atomic mass is 10.1. The van der Waals surface area contributed by atoms with Gasteiger partial charge in [0, 0.05) is 13.0 Å². The molecule has 3 rings (SSSR count). The second kappa shape index (κ2) is 7.04. The quantitative estimate of drug-likeness (QED) is 0.777. The number of benzene rings is 2. The number of carbonyl (C=O) groups excluding carboxylic acids is 1. The second-order valence-corrected chi connectivity index (χ2v) is 5.65. The standard InChI is InChI=1S/C18H18N4O2/c1-13-5-4-6-14(11-13)12-19-17(23)9-10-22-18(24)15-7-2-3-8-16(15)20-21-22/h2-8,11H,9-10,12H2,1H3,(H,19,23). The predicted molar refractivity (Wildman–Crippen MR) is 91.4 cm³/mol. The molecule has 0 aliphatic rings. The SMILES string of the molecule is Cc1cccc(CNC(=O)CCn2nnc3ccccc3c2=O)c1. The van der Waals surface area contributed by atoms with Crippen molar-refractivity contribution in [3.05, 3.63) is 70.0 Å². The third kappa shape index (κ3) is 3.65. The van der Waals surface area contributed by atoms with E-state index in [-0.39, 0.29) is 24.4 Å². The van der Waals surface area contributed by atoms with E-state index in [1.165, 1.54) is 4.68 Å². The lowest BCUT2D eigenvalue weighted by Gasteiger charge is -2.07. The van der Waals surface area contributed by atoms with Gasteiger partial charge in [-0.2, -0.15) is 0 Å². The molecule has 0 fully saturated rings. The summed E-state index contributed by atoms with van der Waals surface area (Å²) in [5.41, 5.74) is 2.53. The van der Waals surface area contributed by atoms with E-state index < -0.39 is 0 Å². The zero-order valence-electron chi connectivity index (χ0n) is 13.4. The van der Waals surface area contributed by atoms with Crippen LogP contribution in [0.3, 0.4) is 0 Å². The van der Waals surface area contributed by atoms with E-state index in [1.54, 1.807) is 24.3 Å². The fourth-order valence-corrected chi connectivity index (χ4v) is 2.49. The van der Waals surface area contributed by atoms with Crippen molar-refractivity contribution in [2.45, 2.75) is 26.4 Å². The molecule has 1 aromatic heterocycles. The third-order valence-corrected chi connectivity index (χ3v) is 3.75. The Balaban J connectivity index is 1.60. The van der Waals surface area contributed by atoms with Gasteiger partial charge in [0.05, 0.1) is 11.9 Å². The Labute approximate surface area is 139 Å². The zero-order chi connectivity index (χ0) is 16.9. The number of aryl methyl sites for hydroxylation is 2. The normalized spacial score (nSPS) is 10.7. The summed E-state index contributed by atoms with van der Waals surface area (Å²) in [5, 5.41) is 11.2. The highest BCUT2D eigenvalue weighted by molar-refractivity contribution is 5.77. The van der Waals surface area contributed by atoms with Crippen molar-refractivity contribution >= 4 is 16.8 Å². The molecule has 1 N–H and O–H groups in total. The summed E-state index contributed by atoms with van der Waals surface area (Å²) in [4.78, 5) is 24.3. The highest BCUT2D eigenvalue weighted by Crippen LogP contribution is 2.04. The van der Waals surface area contributed by atoms with Crippen LogP contribution in [0.15, 0.2) is 53.3 Å². The molecule has 24 heavy (non-hydrogen) atoms. The molecule has 0 radical (unpaired) electrons. The van der Waals surface area contributed by atoms with Gasteiger partial charge in [-0.3, -0.25) is 9.59 Å². The van der Waals surface area contributed by atoms with E-state index in [9.17, 15) is 9.59 Å². The molecule has 6 nitrogen and oxygen atoms in total. The van der Waals surface area contributed by atoms with Gasteiger partial charge in [-0.1, -0.05) is 47.2 Å². The lowest BCUT2D eigenvalue weighted by molar-refractivity contribution is -0.121. The zero-order valence-corrected chi connectivity index (χ0v) is 13.4. The maximum atomic E-state index is 12.3. The topological polar surface area (TPSA) is 76.9 Å².